The van der Waals surface area contributed by atoms with Crippen LogP contribution in [0, 0.1) is 0 Å². The zero-order chi connectivity index (χ0) is 16.8. The lowest BCUT2D eigenvalue weighted by Crippen LogP contribution is -2.42. The Bertz CT molecular complexity index is 616. The first-order valence-electron chi connectivity index (χ1n) is 8.32. The molecule has 2 aromatic heterocycles. The van der Waals surface area contributed by atoms with Crippen molar-refractivity contribution in [1.82, 2.24) is 9.80 Å². The molecule has 0 unspecified atom stereocenters. The molecule has 3 rings (SSSR count). The number of rotatable bonds is 6. The molecule has 0 atom stereocenters. The maximum absolute atomic E-state index is 12.8. The average molecular weight is 346 g/mol. The second kappa shape index (κ2) is 8.15. The normalized spacial score (nSPS) is 15.3. The number of carbonyl (C=O) groups is 2. The molecule has 2 aromatic rings. The van der Waals surface area contributed by atoms with Gasteiger partial charge in [-0.25, -0.2) is 0 Å². The third kappa shape index (κ3) is 4.47. The number of nitrogens with zero attached hydrogens (tertiary/aromatic N) is 2. The smallest absolute Gasteiger partial charge is 0.242 e. The van der Waals surface area contributed by atoms with E-state index in [2.05, 4.69) is 0 Å². The first kappa shape index (κ1) is 16.8. The van der Waals surface area contributed by atoms with Gasteiger partial charge in [0.1, 0.15) is 5.76 Å². The van der Waals surface area contributed by atoms with E-state index in [4.69, 9.17) is 4.42 Å². The first-order chi connectivity index (χ1) is 11.7. The van der Waals surface area contributed by atoms with Crippen molar-refractivity contribution in [2.45, 2.75) is 38.8 Å². The summed E-state index contributed by atoms with van der Waals surface area (Å²) in [5, 5.41) is 2.00. The highest BCUT2D eigenvalue weighted by atomic mass is 32.1. The molecule has 2 amide bonds. The molecule has 0 radical (unpaired) electrons. The number of thiophene rings is 1. The SMILES string of the molecule is O=C1CCCCCN1CC(=O)N(Cc1ccco1)Cc1cccs1. The van der Waals surface area contributed by atoms with Gasteiger partial charge >= 0.3 is 0 Å². The minimum Gasteiger partial charge on any atom is -0.467 e. The van der Waals surface area contributed by atoms with Gasteiger partial charge < -0.3 is 14.2 Å². The summed E-state index contributed by atoms with van der Waals surface area (Å²) in [6.07, 6.45) is 5.12. The molecule has 0 aromatic carbocycles. The molecule has 0 aliphatic carbocycles. The summed E-state index contributed by atoms with van der Waals surface area (Å²) in [5.41, 5.74) is 0. The van der Waals surface area contributed by atoms with E-state index in [0.29, 0.717) is 26.1 Å². The lowest BCUT2D eigenvalue weighted by atomic mass is 10.2. The quantitative estimate of drug-likeness (QED) is 0.807. The molecule has 1 aliphatic rings. The predicted molar refractivity (Wildman–Crippen MR) is 92.3 cm³/mol. The molecule has 1 aliphatic heterocycles. The van der Waals surface area contributed by atoms with E-state index in [9.17, 15) is 9.59 Å². The summed E-state index contributed by atoms with van der Waals surface area (Å²) in [6, 6.07) is 7.69. The van der Waals surface area contributed by atoms with Crippen molar-refractivity contribution >= 4 is 23.2 Å². The van der Waals surface area contributed by atoms with Crippen molar-refractivity contribution in [3.8, 4) is 0 Å². The van der Waals surface area contributed by atoms with E-state index in [1.165, 1.54) is 0 Å². The van der Waals surface area contributed by atoms with Gasteiger partial charge in [-0.1, -0.05) is 12.5 Å². The largest absolute Gasteiger partial charge is 0.467 e. The van der Waals surface area contributed by atoms with Crippen LogP contribution in [0.25, 0.3) is 0 Å². The Labute approximate surface area is 145 Å². The molecule has 0 spiro atoms. The second-order valence-corrected chi connectivity index (χ2v) is 7.07. The van der Waals surface area contributed by atoms with Gasteiger partial charge in [0.2, 0.25) is 11.8 Å². The summed E-state index contributed by atoms with van der Waals surface area (Å²) in [7, 11) is 0. The number of hydrogen-bond acceptors (Lipinski definition) is 4. The summed E-state index contributed by atoms with van der Waals surface area (Å²) in [5.74, 6) is 0.812. The Morgan fingerprint density at radius 2 is 2.12 bits per heavy atom. The van der Waals surface area contributed by atoms with E-state index in [1.54, 1.807) is 27.4 Å². The standard InChI is InChI=1S/C18H22N2O3S/c21-17-8-2-1-3-9-19(17)14-18(22)20(12-15-6-4-10-23-15)13-16-7-5-11-24-16/h4-7,10-11H,1-3,8-9,12-14H2. The van der Waals surface area contributed by atoms with E-state index >= 15 is 0 Å². The molecule has 1 saturated heterocycles. The van der Waals surface area contributed by atoms with Crippen molar-refractivity contribution in [1.29, 1.82) is 0 Å². The Morgan fingerprint density at radius 1 is 1.21 bits per heavy atom. The van der Waals surface area contributed by atoms with Crippen LogP contribution in [-0.2, 0) is 22.7 Å². The van der Waals surface area contributed by atoms with Crippen molar-refractivity contribution in [3.05, 3.63) is 46.5 Å². The van der Waals surface area contributed by atoms with Gasteiger partial charge in [-0.05, 0) is 36.4 Å². The highest BCUT2D eigenvalue weighted by Gasteiger charge is 2.23. The van der Waals surface area contributed by atoms with Crippen LogP contribution in [0.4, 0.5) is 0 Å². The fourth-order valence-electron chi connectivity index (χ4n) is 2.88. The highest BCUT2D eigenvalue weighted by Crippen LogP contribution is 2.17. The van der Waals surface area contributed by atoms with Gasteiger partial charge in [-0.2, -0.15) is 0 Å². The van der Waals surface area contributed by atoms with Crippen molar-refractivity contribution < 1.29 is 14.0 Å². The maximum Gasteiger partial charge on any atom is 0.242 e. The third-order valence-electron chi connectivity index (χ3n) is 4.20. The fraction of sp³-hybridized carbons (Fsp3) is 0.444. The Hall–Kier alpha value is -2.08. The molecule has 128 valence electrons. The molecular formula is C18H22N2O3S. The molecule has 24 heavy (non-hydrogen) atoms. The Morgan fingerprint density at radius 3 is 2.88 bits per heavy atom. The van der Waals surface area contributed by atoms with Gasteiger partial charge in [0.05, 0.1) is 25.9 Å². The van der Waals surface area contributed by atoms with E-state index in [-0.39, 0.29) is 18.4 Å². The van der Waals surface area contributed by atoms with Gasteiger partial charge in [0.25, 0.3) is 0 Å². The highest BCUT2D eigenvalue weighted by molar-refractivity contribution is 7.09. The van der Waals surface area contributed by atoms with E-state index in [0.717, 1.165) is 29.9 Å². The summed E-state index contributed by atoms with van der Waals surface area (Å²) in [4.78, 5) is 29.6. The molecule has 1 fully saturated rings. The number of likely N-dealkylation sites (tertiary alicyclic amines) is 1. The van der Waals surface area contributed by atoms with Crippen LogP contribution in [0.3, 0.4) is 0 Å². The van der Waals surface area contributed by atoms with Crippen LogP contribution in [0.2, 0.25) is 0 Å². The fourth-order valence-corrected chi connectivity index (χ4v) is 3.60. The topological polar surface area (TPSA) is 53.8 Å². The minimum atomic E-state index is -0.0324. The van der Waals surface area contributed by atoms with Crippen LogP contribution in [0.5, 0.6) is 0 Å². The Kier molecular flexibility index (Phi) is 5.69. The summed E-state index contributed by atoms with van der Waals surface area (Å²) >= 11 is 1.63. The van der Waals surface area contributed by atoms with Gasteiger partial charge in [0, 0.05) is 17.8 Å². The minimum absolute atomic E-state index is 0.0324. The van der Waals surface area contributed by atoms with Crippen LogP contribution >= 0.6 is 11.3 Å². The van der Waals surface area contributed by atoms with E-state index < -0.39 is 0 Å². The number of carbonyl (C=O) groups excluding carboxylic acids is 2. The number of amides is 2. The molecule has 0 bridgehead atoms. The van der Waals surface area contributed by atoms with Crippen LogP contribution in [-0.4, -0.2) is 34.7 Å². The summed E-state index contributed by atoms with van der Waals surface area (Å²) < 4.78 is 5.39. The van der Waals surface area contributed by atoms with Gasteiger partial charge in [-0.3, -0.25) is 9.59 Å². The molecule has 5 nitrogen and oxygen atoms in total. The Balaban J connectivity index is 1.68. The van der Waals surface area contributed by atoms with Gasteiger partial charge in [0.15, 0.2) is 0 Å². The molecule has 0 saturated carbocycles. The summed E-state index contributed by atoms with van der Waals surface area (Å²) in [6.45, 7) is 1.80. The predicted octanol–water partition coefficient (Wildman–Crippen LogP) is 3.27. The van der Waals surface area contributed by atoms with E-state index in [1.807, 2.05) is 29.6 Å². The van der Waals surface area contributed by atoms with Crippen LogP contribution in [0.1, 0.15) is 36.3 Å². The van der Waals surface area contributed by atoms with Crippen molar-refractivity contribution in [2.75, 3.05) is 13.1 Å². The van der Waals surface area contributed by atoms with Crippen molar-refractivity contribution in [3.63, 3.8) is 0 Å². The lowest BCUT2D eigenvalue weighted by molar-refractivity contribution is -0.141. The zero-order valence-corrected chi connectivity index (χ0v) is 14.5. The first-order valence-corrected chi connectivity index (χ1v) is 9.20. The molecule has 0 N–H and O–H groups in total. The molecular weight excluding hydrogens is 324 g/mol. The maximum atomic E-state index is 12.8. The monoisotopic (exact) mass is 346 g/mol. The average Bonchev–Trinajstić information content (AvgIpc) is 3.23. The molecule has 3 heterocycles. The molecule has 6 heteroatoms. The van der Waals surface area contributed by atoms with Crippen LogP contribution < -0.4 is 0 Å². The third-order valence-corrected chi connectivity index (χ3v) is 5.06. The van der Waals surface area contributed by atoms with Crippen molar-refractivity contribution in [2.24, 2.45) is 0 Å². The number of furan rings is 1. The zero-order valence-electron chi connectivity index (χ0n) is 13.6. The lowest BCUT2D eigenvalue weighted by Gasteiger charge is -2.26. The second-order valence-electron chi connectivity index (χ2n) is 6.03. The van der Waals surface area contributed by atoms with Gasteiger partial charge in [-0.15, -0.1) is 11.3 Å². The number of hydrogen-bond donors (Lipinski definition) is 0. The van der Waals surface area contributed by atoms with Crippen LogP contribution in [0.15, 0.2) is 40.3 Å².